The van der Waals surface area contributed by atoms with Crippen LogP contribution in [-0.4, -0.2) is 19.3 Å². The molecule has 2 atom stereocenters. The SMILES string of the molecule is COc1ccc2oc(=O)c3c(c2c1)OC(C)(C)[C@H]1COc2ccccc2[C@@H]31. The third-order valence-corrected chi connectivity index (χ3v) is 5.74. The molecule has 0 aliphatic carbocycles. The Morgan fingerprint density at radius 3 is 2.78 bits per heavy atom. The highest BCUT2D eigenvalue weighted by Gasteiger charge is 2.50. The van der Waals surface area contributed by atoms with Gasteiger partial charge in [0.15, 0.2) is 0 Å². The van der Waals surface area contributed by atoms with Crippen molar-refractivity contribution in [3.05, 3.63) is 64.0 Å². The predicted octanol–water partition coefficient (Wildman–Crippen LogP) is 4.11. The Kier molecular flexibility index (Phi) is 3.32. The molecule has 0 bridgehead atoms. The highest BCUT2D eigenvalue weighted by atomic mass is 16.5. The van der Waals surface area contributed by atoms with Crippen LogP contribution in [0.15, 0.2) is 51.7 Å². The summed E-state index contributed by atoms with van der Waals surface area (Å²) in [4.78, 5) is 13.0. The van der Waals surface area contributed by atoms with Gasteiger partial charge in [0.2, 0.25) is 0 Å². The molecule has 0 N–H and O–H groups in total. The van der Waals surface area contributed by atoms with E-state index in [2.05, 4.69) is 0 Å². The van der Waals surface area contributed by atoms with Crippen LogP contribution in [0.25, 0.3) is 11.0 Å². The number of benzene rings is 2. The van der Waals surface area contributed by atoms with Crippen LogP contribution in [0.2, 0.25) is 0 Å². The molecule has 138 valence electrons. The number of methoxy groups -OCH3 is 1. The van der Waals surface area contributed by atoms with Crippen LogP contribution in [0.4, 0.5) is 0 Å². The third-order valence-electron chi connectivity index (χ3n) is 5.74. The van der Waals surface area contributed by atoms with E-state index in [1.54, 1.807) is 19.2 Å². The van der Waals surface area contributed by atoms with Crippen molar-refractivity contribution in [2.75, 3.05) is 13.7 Å². The van der Waals surface area contributed by atoms with Crippen LogP contribution in [0.5, 0.6) is 17.2 Å². The van der Waals surface area contributed by atoms with Crippen molar-refractivity contribution in [1.29, 1.82) is 0 Å². The Morgan fingerprint density at radius 2 is 1.96 bits per heavy atom. The lowest BCUT2D eigenvalue weighted by Gasteiger charge is -2.46. The summed E-state index contributed by atoms with van der Waals surface area (Å²) in [7, 11) is 1.61. The van der Waals surface area contributed by atoms with Crippen molar-refractivity contribution < 1.29 is 18.6 Å². The topological polar surface area (TPSA) is 57.9 Å². The van der Waals surface area contributed by atoms with Gasteiger partial charge in [-0.3, -0.25) is 0 Å². The molecule has 5 rings (SSSR count). The normalized spacial score (nSPS) is 22.0. The molecule has 0 saturated heterocycles. The first-order valence-corrected chi connectivity index (χ1v) is 9.05. The number of rotatable bonds is 1. The van der Waals surface area contributed by atoms with Gasteiger partial charge in [-0.05, 0) is 38.1 Å². The van der Waals surface area contributed by atoms with Gasteiger partial charge in [0.1, 0.15) is 28.4 Å². The van der Waals surface area contributed by atoms with Crippen molar-refractivity contribution >= 4 is 11.0 Å². The van der Waals surface area contributed by atoms with Gasteiger partial charge in [-0.1, -0.05) is 18.2 Å². The van der Waals surface area contributed by atoms with E-state index >= 15 is 0 Å². The van der Waals surface area contributed by atoms with Crippen LogP contribution < -0.4 is 19.8 Å². The monoisotopic (exact) mass is 364 g/mol. The molecule has 5 heteroatoms. The zero-order valence-corrected chi connectivity index (χ0v) is 15.4. The molecule has 2 aromatic carbocycles. The first-order valence-electron chi connectivity index (χ1n) is 9.05. The van der Waals surface area contributed by atoms with Gasteiger partial charge in [0.05, 0.1) is 24.7 Å². The highest BCUT2D eigenvalue weighted by molar-refractivity contribution is 5.86. The highest BCUT2D eigenvalue weighted by Crippen LogP contribution is 2.53. The molecule has 3 heterocycles. The summed E-state index contributed by atoms with van der Waals surface area (Å²) in [5.41, 5.74) is 1.20. The lowest BCUT2D eigenvalue weighted by molar-refractivity contribution is -0.0137. The molecule has 0 fully saturated rings. The maximum atomic E-state index is 13.0. The van der Waals surface area contributed by atoms with E-state index in [-0.39, 0.29) is 17.5 Å². The summed E-state index contributed by atoms with van der Waals surface area (Å²) in [6, 6.07) is 13.3. The van der Waals surface area contributed by atoms with Crippen LogP contribution in [0.1, 0.15) is 30.9 Å². The molecule has 5 nitrogen and oxygen atoms in total. The fourth-order valence-electron chi connectivity index (χ4n) is 4.33. The molecular formula is C22H20O5. The number of hydrogen-bond donors (Lipinski definition) is 0. The van der Waals surface area contributed by atoms with Crippen LogP contribution in [0, 0.1) is 5.92 Å². The summed E-state index contributed by atoms with van der Waals surface area (Å²) in [6.07, 6.45) is 0. The average molecular weight is 364 g/mol. The molecule has 3 aromatic rings. The lowest BCUT2D eigenvalue weighted by Crippen LogP contribution is -2.50. The Labute approximate surface area is 156 Å². The Morgan fingerprint density at radius 1 is 1.15 bits per heavy atom. The fraction of sp³-hybridized carbons (Fsp3) is 0.318. The number of ether oxygens (including phenoxy) is 3. The van der Waals surface area contributed by atoms with Gasteiger partial charge in [-0.2, -0.15) is 0 Å². The van der Waals surface area contributed by atoms with Crippen LogP contribution >= 0.6 is 0 Å². The van der Waals surface area contributed by atoms with Crippen molar-refractivity contribution in [2.24, 2.45) is 5.92 Å². The second-order valence-electron chi connectivity index (χ2n) is 7.63. The zero-order chi connectivity index (χ0) is 18.8. The molecule has 2 aliphatic heterocycles. The van der Waals surface area contributed by atoms with Gasteiger partial charge in [-0.15, -0.1) is 0 Å². The maximum Gasteiger partial charge on any atom is 0.343 e. The average Bonchev–Trinajstić information content (AvgIpc) is 2.67. The molecule has 0 saturated carbocycles. The Hall–Kier alpha value is -2.95. The smallest absolute Gasteiger partial charge is 0.343 e. The minimum Gasteiger partial charge on any atom is -0.497 e. The van der Waals surface area contributed by atoms with Gasteiger partial charge in [0.25, 0.3) is 0 Å². The van der Waals surface area contributed by atoms with E-state index < -0.39 is 5.60 Å². The zero-order valence-electron chi connectivity index (χ0n) is 15.4. The lowest BCUT2D eigenvalue weighted by atomic mass is 9.70. The standard InChI is InChI=1S/C22H20O5/c1-22(2)15-11-25-16-7-5-4-6-13(16)18(15)19-20(27-22)14-10-12(24-3)8-9-17(14)26-21(19)23/h4-10,15,18H,11H2,1-3H3/t15-,18+/m0/s1. The first kappa shape index (κ1) is 16.2. The third kappa shape index (κ3) is 2.27. The van der Waals surface area contributed by atoms with Gasteiger partial charge in [-0.25, -0.2) is 4.79 Å². The largest absolute Gasteiger partial charge is 0.497 e. The maximum absolute atomic E-state index is 13.0. The van der Waals surface area contributed by atoms with E-state index in [0.29, 0.717) is 29.3 Å². The molecule has 1 aromatic heterocycles. The summed E-state index contributed by atoms with van der Waals surface area (Å²) >= 11 is 0. The van der Waals surface area contributed by atoms with Crippen LogP contribution in [0.3, 0.4) is 0 Å². The summed E-state index contributed by atoms with van der Waals surface area (Å²) in [5, 5.41) is 0.749. The van der Waals surface area contributed by atoms with Crippen LogP contribution in [-0.2, 0) is 0 Å². The van der Waals surface area contributed by atoms with Gasteiger partial charge >= 0.3 is 5.63 Å². The molecule has 27 heavy (non-hydrogen) atoms. The number of hydrogen-bond acceptors (Lipinski definition) is 5. The Bertz CT molecular complexity index is 1110. The molecule has 0 unspecified atom stereocenters. The molecule has 0 spiro atoms. The second kappa shape index (κ2) is 5.52. The van der Waals surface area contributed by atoms with E-state index in [1.807, 2.05) is 44.2 Å². The van der Waals surface area contributed by atoms with E-state index in [4.69, 9.17) is 18.6 Å². The van der Waals surface area contributed by atoms with Gasteiger partial charge < -0.3 is 18.6 Å². The quantitative estimate of drug-likeness (QED) is 0.608. The summed E-state index contributed by atoms with van der Waals surface area (Å²) in [5.74, 6) is 1.96. The first-order chi connectivity index (χ1) is 13.0. The van der Waals surface area contributed by atoms with E-state index in [0.717, 1.165) is 16.7 Å². The summed E-state index contributed by atoms with van der Waals surface area (Å²) < 4.78 is 23.4. The van der Waals surface area contributed by atoms with Crippen molar-refractivity contribution in [2.45, 2.75) is 25.4 Å². The van der Waals surface area contributed by atoms with E-state index in [9.17, 15) is 4.79 Å². The number of para-hydroxylation sites is 1. The fourth-order valence-corrected chi connectivity index (χ4v) is 4.33. The summed E-state index contributed by atoms with van der Waals surface area (Å²) in [6.45, 7) is 4.58. The molecular weight excluding hydrogens is 344 g/mol. The molecule has 2 aliphatic rings. The number of fused-ring (bicyclic) bond motifs is 7. The van der Waals surface area contributed by atoms with Gasteiger partial charge in [0, 0.05) is 17.4 Å². The minimum absolute atomic E-state index is 0.00542. The van der Waals surface area contributed by atoms with E-state index in [1.165, 1.54) is 0 Å². The predicted molar refractivity (Wildman–Crippen MR) is 101 cm³/mol. The van der Waals surface area contributed by atoms with Crippen molar-refractivity contribution in [3.63, 3.8) is 0 Å². The minimum atomic E-state index is -0.505. The molecule has 0 radical (unpaired) electrons. The molecule has 0 amide bonds. The van der Waals surface area contributed by atoms with Crippen molar-refractivity contribution in [3.8, 4) is 17.2 Å². The van der Waals surface area contributed by atoms with Crippen molar-refractivity contribution in [1.82, 2.24) is 0 Å². The Balaban J connectivity index is 1.86. The second-order valence-corrected chi connectivity index (χ2v) is 7.63.